The number of hydrogen-bond donors (Lipinski definition) is 1. The molecule has 15 heavy (non-hydrogen) atoms. The summed E-state index contributed by atoms with van der Waals surface area (Å²) < 4.78 is 5.48. The number of ether oxygens (including phenoxy) is 1. The lowest BCUT2D eigenvalue weighted by molar-refractivity contribution is -0.130. The summed E-state index contributed by atoms with van der Waals surface area (Å²) >= 11 is 0. The number of benzene rings is 1. The summed E-state index contributed by atoms with van der Waals surface area (Å²) in [5.74, 6) is 4.07. The fourth-order valence-electron chi connectivity index (χ4n) is 1.05. The molecule has 0 heterocycles. The van der Waals surface area contributed by atoms with Gasteiger partial charge in [-0.2, -0.15) is 0 Å². The van der Waals surface area contributed by atoms with Crippen molar-refractivity contribution in [2.45, 2.75) is 20.0 Å². The van der Waals surface area contributed by atoms with Crippen LogP contribution in [0, 0.1) is 11.8 Å². The summed E-state index contributed by atoms with van der Waals surface area (Å²) in [6.07, 6.45) is 0.0396. The summed E-state index contributed by atoms with van der Waals surface area (Å²) in [7, 11) is 0. The second-order valence-electron chi connectivity index (χ2n) is 3.22. The van der Waals surface area contributed by atoms with E-state index in [1.54, 1.807) is 18.2 Å². The third-order valence-corrected chi connectivity index (χ3v) is 1.55. The van der Waals surface area contributed by atoms with Crippen LogP contribution in [0.1, 0.15) is 19.4 Å². The number of carboxylic acid groups (broad SMARTS) is 1. The number of rotatable bonds is 2. The van der Waals surface area contributed by atoms with Crippen molar-refractivity contribution in [1.82, 2.24) is 0 Å². The Balaban J connectivity index is 2.97. The molecule has 1 N–H and O–H groups in total. The zero-order valence-electron chi connectivity index (χ0n) is 8.65. The Labute approximate surface area is 88.7 Å². The van der Waals surface area contributed by atoms with Gasteiger partial charge in [-0.1, -0.05) is 18.1 Å². The minimum atomic E-state index is -1.14. The van der Waals surface area contributed by atoms with E-state index in [2.05, 4.69) is 11.8 Å². The Morgan fingerprint density at radius 2 is 2.07 bits per heavy atom. The fourth-order valence-corrected chi connectivity index (χ4v) is 1.05. The van der Waals surface area contributed by atoms with Gasteiger partial charge >= 0.3 is 5.97 Å². The highest BCUT2D eigenvalue weighted by Gasteiger charge is 2.02. The largest absolute Gasteiger partial charge is 0.490 e. The monoisotopic (exact) mass is 204 g/mol. The quantitative estimate of drug-likeness (QED) is 0.748. The molecule has 1 aromatic carbocycles. The van der Waals surface area contributed by atoms with Gasteiger partial charge in [0, 0.05) is 5.92 Å². The van der Waals surface area contributed by atoms with E-state index in [1.807, 2.05) is 19.9 Å². The molecule has 0 aliphatic heterocycles. The van der Waals surface area contributed by atoms with Gasteiger partial charge in [0.05, 0.1) is 11.7 Å². The van der Waals surface area contributed by atoms with Crippen molar-refractivity contribution < 1.29 is 14.6 Å². The third kappa shape index (κ3) is 3.74. The molecule has 0 atom stereocenters. The summed E-state index contributed by atoms with van der Waals surface area (Å²) in [5.41, 5.74) is 0.591. The van der Waals surface area contributed by atoms with E-state index in [4.69, 9.17) is 9.84 Å². The van der Waals surface area contributed by atoms with Crippen LogP contribution in [-0.4, -0.2) is 17.2 Å². The van der Waals surface area contributed by atoms with E-state index in [-0.39, 0.29) is 6.10 Å². The van der Waals surface area contributed by atoms with Crippen molar-refractivity contribution >= 4 is 5.97 Å². The number of para-hydroxylation sites is 1. The van der Waals surface area contributed by atoms with Gasteiger partial charge in [-0.25, -0.2) is 4.79 Å². The minimum absolute atomic E-state index is 0.0396. The zero-order valence-corrected chi connectivity index (χ0v) is 8.65. The minimum Gasteiger partial charge on any atom is -0.490 e. The van der Waals surface area contributed by atoms with Gasteiger partial charge in [0.2, 0.25) is 0 Å². The van der Waals surface area contributed by atoms with Crippen LogP contribution in [0.15, 0.2) is 24.3 Å². The first-order valence-corrected chi connectivity index (χ1v) is 4.60. The molecule has 0 saturated heterocycles. The van der Waals surface area contributed by atoms with Gasteiger partial charge in [-0.3, -0.25) is 0 Å². The van der Waals surface area contributed by atoms with Crippen LogP contribution in [0.3, 0.4) is 0 Å². The Hall–Kier alpha value is -1.95. The predicted molar refractivity (Wildman–Crippen MR) is 56.7 cm³/mol. The molecule has 0 aliphatic carbocycles. The van der Waals surface area contributed by atoms with Gasteiger partial charge in [0.25, 0.3) is 0 Å². The van der Waals surface area contributed by atoms with E-state index in [0.29, 0.717) is 11.3 Å². The summed E-state index contributed by atoms with van der Waals surface area (Å²) in [6.45, 7) is 3.81. The summed E-state index contributed by atoms with van der Waals surface area (Å²) in [6, 6.07) is 7.11. The lowest BCUT2D eigenvalue weighted by atomic mass is 10.2. The lowest BCUT2D eigenvalue weighted by Crippen LogP contribution is -2.06. The molecular formula is C12H12O3. The molecule has 0 unspecified atom stereocenters. The number of carbonyl (C=O) groups is 1. The van der Waals surface area contributed by atoms with Crippen molar-refractivity contribution in [2.24, 2.45) is 0 Å². The topological polar surface area (TPSA) is 46.5 Å². The lowest BCUT2D eigenvalue weighted by Gasteiger charge is -2.10. The fraction of sp³-hybridized carbons (Fsp3) is 0.250. The number of carboxylic acids is 1. The van der Waals surface area contributed by atoms with Crippen LogP contribution >= 0.6 is 0 Å². The summed E-state index contributed by atoms with van der Waals surface area (Å²) in [4.78, 5) is 10.3. The first-order chi connectivity index (χ1) is 7.09. The molecule has 0 saturated carbocycles. The first-order valence-electron chi connectivity index (χ1n) is 4.60. The van der Waals surface area contributed by atoms with Crippen molar-refractivity contribution in [3.05, 3.63) is 29.8 Å². The second-order valence-corrected chi connectivity index (χ2v) is 3.22. The van der Waals surface area contributed by atoms with Crippen LogP contribution in [0.25, 0.3) is 0 Å². The van der Waals surface area contributed by atoms with Crippen molar-refractivity contribution in [2.75, 3.05) is 0 Å². The van der Waals surface area contributed by atoms with E-state index >= 15 is 0 Å². The smallest absolute Gasteiger partial charge is 0.382 e. The highest BCUT2D eigenvalue weighted by Crippen LogP contribution is 2.17. The molecule has 0 aliphatic rings. The van der Waals surface area contributed by atoms with Gasteiger partial charge in [-0.05, 0) is 26.0 Å². The maximum absolute atomic E-state index is 10.3. The molecule has 3 heteroatoms. The molecule has 0 bridgehead atoms. The molecule has 1 rings (SSSR count). The average Bonchev–Trinajstić information content (AvgIpc) is 2.15. The Morgan fingerprint density at radius 1 is 1.40 bits per heavy atom. The molecule has 0 spiro atoms. The van der Waals surface area contributed by atoms with E-state index in [1.165, 1.54) is 0 Å². The molecule has 0 radical (unpaired) electrons. The Bertz CT molecular complexity index is 410. The van der Waals surface area contributed by atoms with Crippen molar-refractivity contribution in [3.8, 4) is 17.6 Å². The molecule has 0 amide bonds. The SMILES string of the molecule is CC(C)Oc1ccccc1C#CC(=O)O. The highest BCUT2D eigenvalue weighted by atomic mass is 16.5. The van der Waals surface area contributed by atoms with Crippen LogP contribution in [0.2, 0.25) is 0 Å². The predicted octanol–water partition coefficient (Wildman–Crippen LogP) is 1.91. The average molecular weight is 204 g/mol. The van der Waals surface area contributed by atoms with Gasteiger partial charge in [-0.15, -0.1) is 0 Å². The Morgan fingerprint density at radius 3 is 2.67 bits per heavy atom. The van der Waals surface area contributed by atoms with Crippen LogP contribution < -0.4 is 4.74 Å². The van der Waals surface area contributed by atoms with Gasteiger partial charge in [0.1, 0.15) is 5.75 Å². The normalized spacial score (nSPS) is 9.27. The highest BCUT2D eigenvalue weighted by molar-refractivity contribution is 5.87. The van der Waals surface area contributed by atoms with Crippen LogP contribution in [-0.2, 0) is 4.79 Å². The third-order valence-electron chi connectivity index (χ3n) is 1.55. The molecule has 78 valence electrons. The maximum atomic E-state index is 10.3. The van der Waals surface area contributed by atoms with Crippen molar-refractivity contribution in [1.29, 1.82) is 0 Å². The van der Waals surface area contributed by atoms with E-state index < -0.39 is 5.97 Å². The van der Waals surface area contributed by atoms with Crippen molar-refractivity contribution in [3.63, 3.8) is 0 Å². The number of hydrogen-bond acceptors (Lipinski definition) is 2. The standard InChI is InChI=1S/C12H12O3/c1-9(2)15-11-6-4-3-5-10(11)7-8-12(13)14/h3-6,9H,1-2H3,(H,13,14). The molecule has 3 nitrogen and oxygen atoms in total. The van der Waals surface area contributed by atoms with E-state index in [0.717, 1.165) is 0 Å². The molecular weight excluding hydrogens is 192 g/mol. The molecule has 0 fully saturated rings. The molecule has 0 aromatic heterocycles. The number of aliphatic carboxylic acids is 1. The first kappa shape index (κ1) is 11.1. The van der Waals surface area contributed by atoms with Gasteiger partial charge in [0.15, 0.2) is 0 Å². The van der Waals surface area contributed by atoms with Crippen LogP contribution in [0.4, 0.5) is 0 Å². The van der Waals surface area contributed by atoms with E-state index in [9.17, 15) is 4.79 Å². The second kappa shape index (κ2) is 5.06. The zero-order chi connectivity index (χ0) is 11.3. The molecule has 1 aromatic rings. The summed E-state index contributed by atoms with van der Waals surface area (Å²) in [5, 5.41) is 8.43. The van der Waals surface area contributed by atoms with Gasteiger partial charge < -0.3 is 9.84 Å². The van der Waals surface area contributed by atoms with Crippen LogP contribution in [0.5, 0.6) is 5.75 Å². The Kier molecular flexibility index (Phi) is 3.75. The maximum Gasteiger partial charge on any atom is 0.382 e.